The first-order valence-electron chi connectivity index (χ1n) is 6.48. The molecule has 2 aromatic rings. The molecule has 0 amide bonds. The maximum atomic E-state index is 12.4. The van der Waals surface area contributed by atoms with Crippen LogP contribution in [-0.2, 0) is 6.54 Å². The van der Waals surface area contributed by atoms with Crippen LogP contribution in [0.4, 0.5) is 0 Å². The summed E-state index contributed by atoms with van der Waals surface area (Å²) in [5, 5.41) is 4.16. The maximum absolute atomic E-state index is 12.4. The van der Waals surface area contributed by atoms with E-state index in [-0.39, 0.29) is 5.78 Å². The lowest BCUT2D eigenvalue weighted by atomic mass is 10.2. The molecule has 0 aliphatic carbocycles. The third-order valence-electron chi connectivity index (χ3n) is 3.04. The molecule has 4 nitrogen and oxygen atoms in total. The highest BCUT2D eigenvalue weighted by Gasteiger charge is 2.18. The van der Waals surface area contributed by atoms with E-state index in [1.165, 1.54) is 5.56 Å². The minimum atomic E-state index is 0.0365. The molecule has 1 aromatic heterocycles. The van der Waals surface area contributed by atoms with Crippen LogP contribution in [0, 0.1) is 6.92 Å². The van der Waals surface area contributed by atoms with Crippen molar-refractivity contribution in [3.05, 3.63) is 41.7 Å². The van der Waals surface area contributed by atoms with Gasteiger partial charge in [0.05, 0.1) is 19.1 Å². The van der Waals surface area contributed by atoms with E-state index in [1.807, 2.05) is 38.1 Å². The van der Waals surface area contributed by atoms with Gasteiger partial charge in [-0.1, -0.05) is 18.2 Å². The molecule has 0 aliphatic heterocycles. The Morgan fingerprint density at radius 3 is 2.80 bits per heavy atom. The van der Waals surface area contributed by atoms with Crippen molar-refractivity contribution < 1.29 is 9.53 Å². The van der Waals surface area contributed by atoms with Crippen LogP contribution in [0.5, 0.6) is 5.75 Å². The summed E-state index contributed by atoms with van der Waals surface area (Å²) in [6.45, 7) is 4.65. The molecule has 1 aromatic carbocycles. The lowest BCUT2D eigenvalue weighted by molar-refractivity contribution is 0.100. The van der Waals surface area contributed by atoms with Crippen LogP contribution in [0.15, 0.2) is 35.4 Å². The highest BCUT2D eigenvalue weighted by Crippen LogP contribution is 2.25. The zero-order valence-electron chi connectivity index (χ0n) is 11.9. The summed E-state index contributed by atoms with van der Waals surface area (Å²) in [6.07, 6.45) is 1.59. The molecule has 0 spiro atoms. The monoisotopic (exact) mass is 290 g/mol. The first-order valence-corrected chi connectivity index (χ1v) is 7.47. The van der Waals surface area contributed by atoms with Crippen LogP contribution in [0.3, 0.4) is 0 Å². The molecule has 5 heteroatoms. The molecular formula is C15H18N2O2S. The van der Waals surface area contributed by atoms with E-state index in [0.717, 1.165) is 4.90 Å². The lowest BCUT2D eigenvalue weighted by Crippen LogP contribution is -2.12. The number of carbonyl (C=O) groups excluding carboxylic acids is 1. The molecule has 106 valence electrons. The SMILES string of the molecule is CCn1ncc(OC)c1C(=O)CSc1ccccc1C. The Bertz CT molecular complexity index is 586. The van der Waals surface area contributed by atoms with Gasteiger partial charge in [-0.05, 0) is 25.5 Å². The fraction of sp³-hybridized carbons (Fsp3) is 0.333. The highest BCUT2D eigenvalue weighted by molar-refractivity contribution is 8.00. The molecule has 0 radical (unpaired) electrons. The van der Waals surface area contributed by atoms with Crippen LogP contribution in [0.25, 0.3) is 0 Å². The van der Waals surface area contributed by atoms with Gasteiger partial charge in [-0.15, -0.1) is 11.8 Å². The van der Waals surface area contributed by atoms with Crippen LogP contribution in [0.2, 0.25) is 0 Å². The molecule has 0 atom stereocenters. The Labute approximate surface area is 123 Å². The maximum Gasteiger partial charge on any atom is 0.194 e. The fourth-order valence-electron chi connectivity index (χ4n) is 1.97. The Morgan fingerprint density at radius 1 is 1.40 bits per heavy atom. The number of Topliss-reactive ketones (excluding diaryl/α,β-unsaturated/α-hetero) is 1. The van der Waals surface area contributed by atoms with E-state index < -0.39 is 0 Å². The Morgan fingerprint density at radius 2 is 2.15 bits per heavy atom. The number of thioether (sulfide) groups is 1. The number of carbonyl (C=O) groups is 1. The lowest BCUT2D eigenvalue weighted by Gasteiger charge is -2.07. The summed E-state index contributed by atoms with van der Waals surface area (Å²) < 4.78 is 6.89. The van der Waals surface area contributed by atoms with Gasteiger partial charge in [-0.3, -0.25) is 9.48 Å². The normalized spacial score (nSPS) is 10.6. The zero-order valence-corrected chi connectivity index (χ0v) is 12.7. The molecule has 2 rings (SSSR count). The van der Waals surface area contributed by atoms with Crippen molar-refractivity contribution in [2.24, 2.45) is 0 Å². The molecule has 0 fully saturated rings. The van der Waals surface area contributed by atoms with Crippen molar-refractivity contribution in [1.29, 1.82) is 0 Å². The molecule has 0 bridgehead atoms. The van der Waals surface area contributed by atoms with Gasteiger partial charge in [0.2, 0.25) is 0 Å². The quantitative estimate of drug-likeness (QED) is 0.605. The molecule has 20 heavy (non-hydrogen) atoms. The summed E-state index contributed by atoms with van der Waals surface area (Å²) >= 11 is 1.55. The van der Waals surface area contributed by atoms with Crippen molar-refractivity contribution in [3.8, 4) is 5.75 Å². The standard InChI is InChI=1S/C15H18N2O2S/c1-4-17-15(13(19-3)9-16-17)12(18)10-20-14-8-6-5-7-11(14)2/h5-9H,4,10H2,1-3H3. The Hall–Kier alpha value is -1.75. The molecule has 0 aliphatic rings. The largest absolute Gasteiger partial charge is 0.493 e. The Kier molecular flexibility index (Phi) is 4.84. The fourth-order valence-corrected chi connectivity index (χ4v) is 2.86. The summed E-state index contributed by atoms with van der Waals surface area (Å²) in [4.78, 5) is 13.5. The van der Waals surface area contributed by atoms with Gasteiger partial charge in [0.25, 0.3) is 0 Å². The van der Waals surface area contributed by atoms with Crippen LogP contribution < -0.4 is 4.74 Å². The second kappa shape index (κ2) is 6.61. The number of ether oxygens (including phenoxy) is 1. The molecule has 0 N–H and O–H groups in total. The van der Waals surface area contributed by atoms with Crippen molar-refractivity contribution in [1.82, 2.24) is 9.78 Å². The predicted octanol–water partition coefficient (Wildman–Crippen LogP) is 3.20. The van der Waals surface area contributed by atoms with Gasteiger partial charge >= 0.3 is 0 Å². The number of rotatable bonds is 6. The molecular weight excluding hydrogens is 272 g/mol. The van der Waals surface area contributed by atoms with E-state index in [1.54, 1.807) is 29.8 Å². The van der Waals surface area contributed by atoms with Crippen LogP contribution in [-0.4, -0.2) is 28.4 Å². The zero-order chi connectivity index (χ0) is 14.5. The molecule has 1 heterocycles. The second-order valence-corrected chi connectivity index (χ2v) is 5.37. The van der Waals surface area contributed by atoms with Crippen molar-refractivity contribution in [3.63, 3.8) is 0 Å². The number of ketones is 1. The highest BCUT2D eigenvalue weighted by atomic mass is 32.2. The molecule has 0 unspecified atom stereocenters. The van der Waals surface area contributed by atoms with E-state index in [2.05, 4.69) is 5.10 Å². The third-order valence-corrected chi connectivity index (χ3v) is 4.22. The van der Waals surface area contributed by atoms with E-state index in [9.17, 15) is 4.79 Å². The van der Waals surface area contributed by atoms with E-state index >= 15 is 0 Å². The van der Waals surface area contributed by atoms with Crippen molar-refractivity contribution in [2.75, 3.05) is 12.9 Å². The molecule has 0 saturated carbocycles. The summed E-state index contributed by atoms with van der Waals surface area (Å²) in [5.41, 5.74) is 1.73. The van der Waals surface area contributed by atoms with E-state index in [0.29, 0.717) is 23.7 Å². The van der Waals surface area contributed by atoms with Gasteiger partial charge in [0.1, 0.15) is 5.69 Å². The summed E-state index contributed by atoms with van der Waals surface area (Å²) in [7, 11) is 1.56. The number of aryl methyl sites for hydroxylation is 2. The average molecular weight is 290 g/mol. The number of hydrogen-bond acceptors (Lipinski definition) is 4. The van der Waals surface area contributed by atoms with Gasteiger partial charge in [0, 0.05) is 11.4 Å². The topological polar surface area (TPSA) is 44.1 Å². The van der Waals surface area contributed by atoms with Gasteiger partial charge in [0.15, 0.2) is 11.5 Å². The Balaban J connectivity index is 2.13. The number of hydrogen-bond donors (Lipinski definition) is 0. The third kappa shape index (κ3) is 3.04. The van der Waals surface area contributed by atoms with Crippen LogP contribution in [0.1, 0.15) is 23.0 Å². The predicted molar refractivity (Wildman–Crippen MR) is 80.7 cm³/mol. The summed E-state index contributed by atoms with van der Waals surface area (Å²) in [5.74, 6) is 0.962. The second-order valence-electron chi connectivity index (χ2n) is 4.35. The number of methoxy groups -OCH3 is 1. The molecule has 0 saturated heterocycles. The first kappa shape index (κ1) is 14.7. The number of aromatic nitrogens is 2. The van der Waals surface area contributed by atoms with Gasteiger partial charge in [-0.2, -0.15) is 5.10 Å². The van der Waals surface area contributed by atoms with E-state index in [4.69, 9.17) is 4.74 Å². The number of nitrogens with zero attached hydrogens (tertiary/aromatic N) is 2. The average Bonchev–Trinajstić information content (AvgIpc) is 2.89. The van der Waals surface area contributed by atoms with Crippen molar-refractivity contribution >= 4 is 17.5 Å². The smallest absolute Gasteiger partial charge is 0.194 e. The van der Waals surface area contributed by atoms with Crippen LogP contribution >= 0.6 is 11.8 Å². The first-order chi connectivity index (χ1) is 9.67. The van der Waals surface area contributed by atoms with Crippen molar-refractivity contribution in [2.45, 2.75) is 25.3 Å². The summed E-state index contributed by atoms with van der Waals surface area (Å²) in [6, 6.07) is 8.05. The number of benzene rings is 1. The van der Waals surface area contributed by atoms with Gasteiger partial charge in [-0.25, -0.2) is 0 Å². The van der Waals surface area contributed by atoms with Gasteiger partial charge < -0.3 is 4.74 Å². The minimum Gasteiger partial charge on any atom is -0.493 e. The minimum absolute atomic E-state index is 0.0365.